The summed E-state index contributed by atoms with van der Waals surface area (Å²) in [6.45, 7) is 5.73. The Morgan fingerprint density at radius 2 is 2.13 bits per heavy atom. The fourth-order valence-electron chi connectivity index (χ4n) is 1.52. The third-order valence-corrected chi connectivity index (χ3v) is 2.46. The predicted octanol–water partition coefficient (Wildman–Crippen LogP) is 2.82. The van der Waals surface area contributed by atoms with E-state index in [1.54, 1.807) is 6.92 Å². The van der Waals surface area contributed by atoms with Crippen molar-refractivity contribution in [1.29, 1.82) is 0 Å². The van der Waals surface area contributed by atoms with Crippen LogP contribution in [-0.2, 0) is 0 Å². The van der Waals surface area contributed by atoms with Crippen LogP contribution in [0.1, 0.15) is 37.2 Å². The van der Waals surface area contributed by atoms with Crippen molar-refractivity contribution in [2.45, 2.75) is 26.8 Å². The van der Waals surface area contributed by atoms with E-state index in [4.69, 9.17) is 0 Å². The van der Waals surface area contributed by atoms with E-state index in [-0.39, 0.29) is 5.78 Å². The van der Waals surface area contributed by atoms with Crippen LogP contribution in [0.25, 0.3) is 10.9 Å². The summed E-state index contributed by atoms with van der Waals surface area (Å²) in [6.07, 6.45) is 2.00. The third-order valence-electron chi connectivity index (χ3n) is 2.46. The molecule has 0 atom stereocenters. The van der Waals surface area contributed by atoms with Gasteiger partial charge in [-0.2, -0.15) is 5.10 Å². The first kappa shape index (κ1) is 9.90. The lowest BCUT2D eigenvalue weighted by atomic mass is 10.1. The van der Waals surface area contributed by atoms with Crippen LogP contribution in [0.4, 0.5) is 0 Å². The van der Waals surface area contributed by atoms with Gasteiger partial charge in [0.1, 0.15) is 0 Å². The van der Waals surface area contributed by atoms with E-state index in [2.05, 4.69) is 18.9 Å². The zero-order chi connectivity index (χ0) is 11.0. The lowest BCUT2D eigenvalue weighted by Crippen LogP contribution is -2.00. The van der Waals surface area contributed by atoms with Gasteiger partial charge >= 0.3 is 0 Å². The molecule has 0 fully saturated rings. The summed E-state index contributed by atoms with van der Waals surface area (Å²) in [5, 5.41) is 5.50. The minimum atomic E-state index is 0.0796. The van der Waals surface area contributed by atoms with Crippen LogP contribution in [-0.4, -0.2) is 15.6 Å². The number of hydrogen-bond donors (Lipinski definition) is 0. The number of Topliss-reactive ketones (excluding diaryl/α,β-unsaturated/α-hetero) is 1. The Hall–Kier alpha value is -1.64. The van der Waals surface area contributed by atoms with Gasteiger partial charge in [-0.05, 0) is 26.8 Å². The van der Waals surface area contributed by atoms with Crippen molar-refractivity contribution in [2.75, 3.05) is 0 Å². The Kier molecular flexibility index (Phi) is 2.31. The zero-order valence-corrected chi connectivity index (χ0v) is 9.19. The maximum Gasteiger partial charge on any atom is 0.159 e. The topological polar surface area (TPSA) is 34.9 Å². The Labute approximate surface area is 88.7 Å². The van der Waals surface area contributed by atoms with Crippen LogP contribution in [0.2, 0.25) is 0 Å². The summed E-state index contributed by atoms with van der Waals surface area (Å²) in [6, 6.07) is 5.98. The van der Waals surface area contributed by atoms with E-state index in [9.17, 15) is 4.79 Å². The fourth-order valence-corrected chi connectivity index (χ4v) is 1.52. The molecule has 0 unspecified atom stereocenters. The Morgan fingerprint density at radius 1 is 1.40 bits per heavy atom. The van der Waals surface area contributed by atoms with Crippen molar-refractivity contribution in [3.8, 4) is 0 Å². The molecule has 0 N–H and O–H groups in total. The second-order valence-electron chi connectivity index (χ2n) is 4.03. The lowest BCUT2D eigenvalue weighted by molar-refractivity contribution is 0.101. The normalized spacial score (nSPS) is 11.2. The van der Waals surface area contributed by atoms with Crippen molar-refractivity contribution in [3.05, 3.63) is 30.0 Å². The molecule has 0 amide bonds. The number of ketones is 1. The van der Waals surface area contributed by atoms with Crippen LogP contribution in [0.5, 0.6) is 0 Å². The molecule has 0 aliphatic heterocycles. The molecule has 0 saturated heterocycles. The summed E-state index contributed by atoms with van der Waals surface area (Å²) < 4.78 is 1.91. The van der Waals surface area contributed by atoms with Crippen molar-refractivity contribution >= 4 is 16.7 Å². The smallest absolute Gasteiger partial charge is 0.159 e. The van der Waals surface area contributed by atoms with E-state index >= 15 is 0 Å². The maximum absolute atomic E-state index is 11.2. The molecule has 0 bridgehead atoms. The van der Waals surface area contributed by atoms with E-state index in [0.29, 0.717) is 6.04 Å². The van der Waals surface area contributed by atoms with E-state index in [1.165, 1.54) is 0 Å². The van der Waals surface area contributed by atoms with Gasteiger partial charge in [-0.25, -0.2) is 0 Å². The molecule has 1 aromatic heterocycles. The second-order valence-corrected chi connectivity index (χ2v) is 4.03. The highest BCUT2D eigenvalue weighted by Gasteiger charge is 2.05. The predicted molar refractivity (Wildman–Crippen MR) is 60.1 cm³/mol. The van der Waals surface area contributed by atoms with Crippen LogP contribution in [0.3, 0.4) is 0 Å². The highest BCUT2D eigenvalue weighted by atomic mass is 16.1. The van der Waals surface area contributed by atoms with E-state index in [0.717, 1.165) is 16.5 Å². The molecule has 2 rings (SSSR count). The largest absolute Gasteiger partial charge is 0.295 e. The highest BCUT2D eigenvalue weighted by Crippen LogP contribution is 2.17. The number of carbonyl (C=O) groups excluding carboxylic acids is 1. The first-order chi connectivity index (χ1) is 7.08. The number of fused-ring (bicyclic) bond motifs is 1. The molecule has 0 saturated carbocycles. The van der Waals surface area contributed by atoms with Gasteiger partial charge in [0.05, 0.1) is 5.52 Å². The number of nitrogens with zero attached hydrogens (tertiary/aromatic N) is 2. The molecule has 0 aliphatic carbocycles. The standard InChI is InChI=1S/C12H14N2O/c1-8(2)14-7-11-5-4-10(9(3)15)6-12(11)13-14/h4-8H,1-3H3. The van der Waals surface area contributed by atoms with Crippen LogP contribution in [0.15, 0.2) is 24.4 Å². The number of benzene rings is 1. The molecule has 1 heterocycles. The summed E-state index contributed by atoms with van der Waals surface area (Å²) in [5.41, 5.74) is 1.60. The fraction of sp³-hybridized carbons (Fsp3) is 0.333. The van der Waals surface area contributed by atoms with Gasteiger partial charge in [0.25, 0.3) is 0 Å². The quantitative estimate of drug-likeness (QED) is 0.702. The lowest BCUT2D eigenvalue weighted by Gasteiger charge is -2.02. The molecule has 0 spiro atoms. The average molecular weight is 202 g/mol. The SMILES string of the molecule is CC(=O)c1ccc2cn(C(C)C)nc2c1. The number of rotatable bonds is 2. The van der Waals surface area contributed by atoms with Gasteiger partial charge in [-0.1, -0.05) is 12.1 Å². The minimum Gasteiger partial charge on any atom is -0.295 e. The first-order valence-corrected chi connectivity index (χ1v) is 5.08. The minimum absolute atomic E-state index is 0.0796. The van der Waals surface area contributed by atoms with E-state index < -0.39 is 0 Å². The molecule has 0 aliphatic rings. The van der Waals surface area contributed by atoms with Gasteiger partial charge in [0.15, 0.2) is 5.78 Å². The van der Waals surface area contributed by atoms with Crippen LogP contribution >= 0.6 is 0 Å². The monoisotopic (exact) mass is 202 g/mol. The van der Waals surface area contributed by atoms with Gasteiger partial charge < -0.3 is 0 Å². The molecule has 78 valence electrons. The average Bonchev–Trinajstić information content (AvgIpc) is 2.59. The summed E-state index contributed by atoms with van der Waals surface area (Å²) in [5.74, 6) is 0.0796. The molecule has 0 radical (unpaired) electrons. The van der Waals surface area contributed by atoms with Crippen molar-refractivity contribution in [3.63, 3.8) is 0 Å². The molecule has 1 aromatic carbocycles. The van der Waals surface area contributed by atoms with E-state index in [1.807, 2.05) is 29.1 Å². The Bertz CT molecular complexity index is 511. The number of hydrogen-bond acceptors (Lipinski definition) is 2. The van der Waals surface area contributed by atoms with Gasteiger partial charge in [-0.15, -0.1) is 0 Å². The number of carbonyl (C=O) groups is 1. The summed E-state index contributed by atoms with van der Waals surface area (Å²) in [7, 11) is 0. The maximum atomic E-state index is 11.2. The third kappa shape index (κ3) is 1.77. The van der Waals surface area contributed by atoms with Gasteiger partial charge in [0, 0.05) is 23.2 Å². The zero-order valence-electron chi connectivity index (χ0n) is 9.19. The molecule has 3 nitrogen and oxygen atoms in total. The molecular weight excluding hydrogens is 188 g/mol. The summed E-state index contributed by atoms with van der Waals surface area (Å²) in [4.78, 5) is 11.2. The van der Waals surface area contributed by atoms with Crippen molar-refractivity contribution in [2.24, 2.45) is 0 Å². The van der Waals surface area contributed by atoms with Crippen molar-refractivity contribution in [1.82, 2.24) is 9.78 Å². The molecule has 2 aromatic rings. The number of aromatic nitrogens is 2. The second kappa shape index (κ2) is 3.50. The Morgan fingerprint density at radius 3 is 2.73 bits per heavy atom. The Balaban J connectivity index is 2.57. The van der Waals surface area contributed by atoms with Crippen molar-refractivity contribution < 1.29 is 4.79 Å². The molecular formula is C12H14N2O. The van der Waals surface area contributed by atoms with Gasteiger partial charge in [-0.3, -0.25) is 9.48 Å². The summed E-state index contributed by atoms with van der Waals surface area (Å²) >= 11 is 0. The van der Waals surface area contributed by atoms with Crippen LogP contribution in [0, 0.1) is 0 Å². The van der Waals surface area contributed by atoms with Gasteiger partial charge in [0.2, 0.25) is 0 Å². The first-order valence-electron chi connectivity index (χ1n) is 5.08. The van der Waals surface area contributed by atoms with Crippen LogP contribution < -0.4 is 0 Å². The molecule has 3 heteroatoms. The molecule has 15 heavy (non-hydrogen) atoms. The highest BCUT2D eigenvalue weighted by molar-refractivity contribution is 5.97.